The molecular weight excluding hydrogens is 220 g/mol. The van der Waals surface area contributed by atoms with E-state index in [1.54, 1.807) is 6.20 Å². The van der Waals surface area contributed by atoms with Gasteiger partial charge < -0.3 is 4.90 Å². The molecule has 0 aliphatic carbocycles. The van der Waals surface area contributed by atoms with Gasteiger partial charge in [-0.15, -0.1) is 0 Å². The molecule has 1 fully saturated rings. The first-order valence-electron chi connectivity index (χ1n) is 5.28. The first kappa shape index (κ1) is 11.0. The highest BCUT2D eigenvalue weighted by Gasteiger charge is 2.16. The Labute approximate surface area is 100 Å². The van der Waals surface area contributed by atoms with E-state index in [-0.39, 0.29) is 0 Å². The summed E-state index contributed by atoms with van der Waals surface area (Å²) in [5.74, 6) is 0. The Morgan fingerprint density at radius 1 is 1.50 bits per heavy atom. The first-order valence-corrected chi connectivity index (χ1v) is 5.69. The Morgan fingerprint density at radius 2 is 2.31 bits per heavy atom. The van der Waals surface area contributed by atoms with Gasteiger partial charge in [0.05, 0.1) is 11.4 Å². The molecule has 1 N–H and O–H groups in total. The number of nitrogens with one attached hydrogen (secondary N) is 1. The van der Waals surface area contributed by atoms with E-state index < -0.39 is 0 Å². The summed E-state index contributed by atoms with van der Waals surface area (Å²) in [6.07, 6.45) is 2.97. The number of aromatic nitrogens is 1. The molecule has 0 bridgehead atoms. The number of nitrogens with zero attached hydrogens (tertiary/aromatic N) is 3. The predicted octanol–water partition coefficient (Wildman–Crippen LogP) is 1.39. The molecule has 0 aromatic carbocycles. The summed E-state index contributed by atoms with van der Waals surface area (Å²) in [5.41, 5.74) is 4.59. The zero-order valence-electron chi connectivity index (χ0n) is 9.18. The van der Waals surface area contributed by atoms with Crippen molar-refractivity contribution in [2.45, 2.75) is 13.3 Å². The third-order valence-corrected chi connectivity index (χ3v) is 2.85. The largest absolute Gasteiger partial charge is 0.348 e. The molecule has 2 rings (SSSR count). The van der Waals surface area contributed by atoms with E-state index in [1.807, 2.05) is 25.1 Å². The molecule has 1 saturated heterocycles. The van der Waals surface area contributed by atoms with E-state index in [2.05, 4.69) is 20.4 Å². The molecule has 1 aromatic heterocycles. The van der Waals surface area contributed by atoms with Crippen molar-refractivity contribution in [1.29, 1.82) is 0 Å². The summed E-state index contributed by atoms with van der Waals surface area (Å²) in [5, 5.41) is 4.91. The van der Waals surface area contributed by atoms with Crippen LogP contribution in [0.15, 0.2) is 29.5 Å². The van der Waals surface area contributed by atoms with Crippen LogP contribution in [0.2, 0.25) is 0 Å². The molecule has 0 spiro atoms. The van der Waals surface area contributed by atoms with E-state index in [9.17, 15) is 0 Å². The summed E-state index contributed by atoms with van der Waals surface area (Å²) in [6, 6.07) is 5.75. The van der Waals surface area contributed by atoms with Gasteiger partial charge >= 0.3 is 0 Å². The summed E-state index contributed by atoms with van der Waals surface area (Å²) >= 11 is 5.18. The highest BCUT2D eigenvalue weighted by molar-refractivity contribution is 7.80. The zero-order valence-corrected chi connectivity index (χ0v) is 10.00. The molecular formula is C11H14N4S. The minimum absolute atomic E-state index is 0.696. The number of hydrogen-bond donors (Lipinski definition) is 1. The Balaban J connectivity index is 1.94. The first-order chi connectivity index (χ1) is 7.77. The van der Waals surface area contributed by atoms with Crippen molar-refractivity contribution in [2.75, 3.05) is 13.1 Å². The van der Waals surface area contributed by atoms with Crippen molar-refractivity contribution in [2.24, 2.45) is 5.10 Å². The van der Waals surface area contributed by atoms with E-state index in [1.165, 1.54) is 6.42 Å². The van der Waals surface area contributed by atoms with Crippen molar-refractivity contribution in [3.8, 4) is 0 Å². The van der Waals surface area contributed by atoms with Gasteiger partial charge in [0.1, 0.15) is 0 Å². The van der Waals surface area contributed by atoms with Gasteiger partial charge in [-0.25, -0.2) is 0 Å². The lowest BCUT2D eigenvalue weighted by Gasteiger charge is -2.32. The van der Waals surface area contributed by atoms with Crippen LogP contribution in [0, 0.1) is 0 Å². The topological polar surface area (TPSA) is 40.5 Å². The molecule has 16 heavy (non-hydrogen) atoms. The fourth-order valence-electron chi connectivity index (χ4n) is 1.36. The molecule has 1 aliphatic rings. The predicted molar refractivity (Wildman–Crippen MR) is 68.4 cm³/mol. The quantitative estimate of drug-likeness (QED) is 0.477. The Bertz CT molecular complexity index is 398. The molecule has 0 atom stereocenters. The van der Waals surface area contributed by atoms with Crippen molar-refractivity contribution >= 4 is 23.0 Å². The van der Waals surface area contributed by atoms with Crippen molar-refractivity contribution < 1.29 is 0 Å². The standard InChI is InChI=1S/C11H14N4S/c1-9(10-5-2-3-6-12-10)13-14-11(16)15-7-4-8-15/h2-3,5-6H,4,7-8H2,1H3,(H,14,16)/b13-9+. The van der Waals surface area contributed by atoms with Crippen molar-refractivity contribution in [3.05, 3.63) is 30.1 Å². The lowest BCUT2D eigenvalue weighted by Crippen LogP contribution is -2.46. The molecule has 4 nitrogen and oxygen atoms in total. The smallest absolute Gasteiger partial charge is 0.189 e. The number of rotatable bonds is 2. The summed E-state index contributed by atoms with van der Waals surface area (Å²) in [7, 11) is 0. The van der Waals surface area contributed by atoms with Gasteiger partial charge in [0, 0.05) is 19.3 Å². The SMILES string of the molecule is C/C(=N\NC(=S)N1CCC1)c1ccccn1. The van der Waals surface area contributed by atoms with E-state index in [0.717, 1.165) is 24.5 Å². The summed E-state index contributed by atoms with van der Waals surface area (Å²) < 4.78 is 0. The molecule has 0 amide bonds. The maximum Gasteiger partial charge on any atom is 0.189 e. The molecule has 84 valence electrons. The van der Waals surface area contributed by atoms with Gasteiger partial charge in [0.2, 0.25) is 0 Å². The minimum atomic E-state index is 0.696. The highest BCUT2D eigenvalue weighted by atomic mass is 32.1. The number of likely N-dealkylation sites (tertiary alicyclic amines) is 1. The van der Waals surface area contributed by atoms with Crippen LogP contribution in [-0.4, -0.2) is 33.8 Å². The van der Waals surface area contributed by atoms with E-state index >= 15 is 0 Å². The maximum atomic E-state index is 5.18. The number of hydrazone groups is 1. The highest BCUT2D eigenvalue weighted by Crippen LogP contribution is 2.05. The second kappa shape index (κ2) is 5.03. The van der Waals surface area contributed by atoms with Gasteiger partial charge in [0.15, 0.2) is 5.11 Å². The zero-order chi connectivity index (χ0) is 11.4. The molecule has 0 saturated carbocycles. The van der Waals surface area contributed by atoms with Gasteiger partial charge in [-0.1, -0.05) is 6.07 Å². The van der Waals surface area contributed by atoms with Gasteiger partial charge in [-0.3, -0.25) is 10.4 Å². The molecule has 0 radical (unpaired) electrons. The van der Waals surface area contributed by atoms with Crippen LogP contribution in [-0.2, 0) is 0 Å². The average molecular weight is 234 g/mol. The number of thiocarbonyl (C=S) groups is 1. The molecule has 0 unspecified atom stereocenters. The minimum Gasteiger partial charge on any atom is -0.348 e. The fraction of sp³-hybridized carbons (Fsp3) is 0.364. The number of pyridine rings is 1. The third kappa shape index (κ3) is 2.55. The lowest BCUT2D eigenvalue weighted by molar-refractivity contribution is 0.296. The van der Waals surface area contributed by atoms with Crippen molar-refractivity contribution in [1.82, 2.24) is 15.3 Å². The Hall–Kier alpha value is -1.49. The maximum absolute atomic E-state index is 5.18. The Kier molecular flexibility index (Phi) is 3.46. The third-order valence-electron chi connectivity index (χ3n) is 2.50. The van der Waals surface area contributed by atoms with Crippen LogP contribution in [0.1, 0.15) is 19.0 Å². The normalized spacial score (nSPS) is 15.6. The monoisotopic (exact) mass is 234 g/mol. The lowest BCUT2D eigenvalue weighted by atomic mass is 10.2. The van der Waals surface area contributed by atoms with Gasteiger partial charge in [-0.05, 0) is 37.7 Å². The van der Waals surface area contributed by atoms with Crippen LogP contribution in [0.5, 0.6) is 0 Å². The molecule has 2 heterocycles. The fourth-order valence-corrected chi connectivity index (χ4v) is 1.58. The van der Waals surface area contributed by atoms with E-state index in [4.69, 9.17) is 12.2 Å². The van der Waals surface area contributed by atoms with Crippen LogP contribution >= 0.6 is 12.2 Å². The van der Waals surface area contributed by atoms with E-state index in [0.29, 0.717) is 5.11 Å². The van der Waals surface area contributed by atoms with Crippen LogP contribution < -0.4 is 5.43 Å². The van der Waals surface area contributed by atoms with Gasteiger partial charge in [0.25, 0.3) is 0 Å². The van der Waals surface area contributed by atoms with Crippen LogP contribution in [0.25, 0.3) is 0 Å². The van der Waals surface area contributed by atoms with Crippen LogP contribution in [0.4, 0.5) is 0 Å². The second-order valence-corrected chi connectivity index (χ2v) is 4.06. The Morgan fingerprint density at radius 3 is 2.88 bits per heavy atom. The molecule has 1 aromatic rings. The molecule has 5 heteroatoms. The second-order valence-electron chi connectivity index (χ2n) is 3.67. The van der Waals surface area contributed by atoms with Crippen molar-refractivity contribution in [3.63, 3.8) is 0 Å². The summed E-state index contributed by atoms with van der Waals surface area (Å²) in [4.78, 5) is 6.30. The average Bonchev–Trinajstić information content (AvgIpc) is 2.25. The molecule has 1 aliphatic heterocycles. The number of hydrogen-bond acceptors (Lipinski definition) is 3. The summed E-state index contributed by atoms with van der Waals surface area (Å²) in [6.45, 7) is 3.97. The van der Waals surface area contributed by atoms with Gasteiger partial charge in [-0.2, -0.15) is 5.10 Å². The van der Waals surface area contributed by atoms with Crippen LogP contribution in [0.3, 0.4) is 0 Å².